The van der Waals surface area contributed by atoms with Crippen molar-refractivity contribution in [2.75, 3.05) is 20.2 Å². The van der Waals surface area contributed by atoms with Crippen LogP contribution in [-0.4, -0.2) is 50.2 Å². The fourth-order valence-corrected chi connectivity index (χ4v) is 5.62. The van der Waals surface area contributed by atoms with Crippen LogP contribution in [0.1, 0.15) is 35.9 Å². The lowest BCUT2D eigenvalue weighted by Crippen LogP contribution is -2.44. The summed E-state index contributed by atoms with van der Waals surface area (Å²) in [5.41, 5.74) is 12.6. The van der Waals surface area contributed by atoms with Gasteiger partial charge in [0, 0.05) is 54.0 Å². The molecule has 0 radical (unpaired) electrons. The molecule has 196 valence electrons. The van der Waals surface area contributed by atoms with Crippen LogP contribution in [0.2, 0.25) is 0 Å². The molecule has 1 unspecified atom stereocenters. The van der Waals surface area contributed by atoms with E-state index in [2.05, 4.69) is 34.1 Å². The smallest absolute Gasteiger partial charge is 0.165 e. The van der Waals surface area contributed by atoms with Gasteiger partial charge in [-0.25, -0.2) is 9.37 Å². The number of aliphatic hydroxyl groups is 1. The second-order valence-electron chi connectivity index (χ2n) is 10.1. The number of fused-ring (bicyclic) bond motifs is 2. The topological polar surface area (TPSA) is 81.0 Å². The maximum absolute atomic E-state index is 14.1. The van der Waals surface area contributed by atoms with E-state index in [0.29, 0.717) is 13.1 Å². The Kier molecular flexibility index (Phi) is 6.39. The van der Waals surface area contributed by atoms with Crippen LogP contribution in [0.4, 0.5) is 4.39 Å². The zero-order chi connectivity index (χ0) is 26.4. The van der Waals surface area contributed by atoms with Crippen molar-refractivity contribution in [1.82, 2.24) is 18.9 Å². The van der Waals surface area contributed by atoms with Crippen molar-refractivity contribution in [3.63, 3.8) is 0 Å². The third-order valence-corrected chi connectivity index (χ3v) is 7.63. The SMILES string of the molecule is COc1cc(Cn2c(-c3nc4cc(C(O)N5CCC[C@@H](N)C5)ccn4c3C)cc3ccccc32)ccc1F. The lowest BCUT2D eigenvalue weighted by Gasteiger charge is -2.34. The van der Waals surface area contributed by atoms with E-state index >= 15 is 0 Å². The minimum atomic E-state index is -0.716. The van der Waals surface area contributed by atoms with Gasteiger partial charge in [-0.3, -0.25) is 4.90 Å². The molecule has 7 nitrogen and oxygen atoms in total. The number of halogens is 1. The van der Waals surface area contributed by atoms with E-state index in [-0.39, 0.29) is 17.6 Å². The number of para-hydroxylation sites is 1. The van der Waals surface area contributed by atoms with Crippen LogP contribution >= 0.6 is 0 Å². The minimum Gasteiger partial charge on any atom is -0.494 e. The first-order valence-electron chi connectivity index (χ1n) is 13.0. The number of imidazole rings is 1. The van der Waals surface area contributed by atoms with Gasteiger partial charge in [-0.2, -0.15) is 0 Å². The third kappa shape index (κ3) is 4.34. The van der Waals surface area contributed by atoms with E-state index in [1.165, 1.54) is 13.2 Å². The summed E-state index contributed by atoms with van der Waals surface area (Å²) in [4.78, 5) is 7.07. The Morgan fingerprint density at radius 2 is 2.00 bits per heavy atom. The molecule has 3 aromatic heterocycles. The summed E-state index contributed by atoms with van der Waals surface area (Å²) in [6.45, 7) is 4.09. The number of aromatic nitrogens is 3. The quantitative estimate of drug-likeness (QED) is 0.339. The molecule has 6 rings (SSSR count). The molecule has 5 aromatic rings. The summed E-state index contributed by atoms with van der Waals surface area (Å²) in [6.07, 6.45) is 3.23. The monoisotopic (exact) mass is 513 g/mol. The number of hydrogen-bond acceptors (Lipinski definition) is 5. The number of nitrogens with zero attached hydrogens (tertiary/aromatic N) is 4. The number of piperidine rings is 1. The molecule has 0 bridgehead atoms. The lowest BCUT2D eigenvalue weighted by molar-refractivity contribution is -0.0143. The van der Waals surface area contributed by atoms with E-state index in [1.807, 2.05) is 35.4 Å². The minimum absolute atomic E-state index is 0.0883. The van der Waals surface area contributed by atoms with Gasteiger partial charge in [0.1, 0.15) is 17.6 Å². The van der Waals surface area contributed by atoms with Crippen molar-refractivity contribution >= 4 is 16.6 Å². The molecule has 0 saturated carbocycles. The molecule has 8 heteroatoms. The maximum atomic E-state index is 14.1. The average Bonchev–Trinajstić information content (AvgIpc) is 3.46. The fraction of sp³-hybridized carbons (Fsp3) is 0.300. The molecule has 1 aliphatic rings. The second-order valence-corrected chi connectivity index (χ2v) is 10.1. The second kappa shape index (κ2) is 9.87. The molecule has 1 fully saturated rings. The largest absolute Gasteiger partial charge is 0.494 e. The molecular weight excluding hydrogens is 481 g/mol. The van der Waals surface area contributed by atoms with Gasteiger partial charge in [0.15, 0.2) is 11.6 Å². The Bertz CT molecular complexity index is 1620. The van der Waals surface area contributed by atoms with Crippen LogP contribution in [0, 0.1) is 12.7 Å². The number of nitrogens with two attached hydrogens (primary N) is 1. The first-order chi connectivity index (χ1) is 18.4. The predicted octanol–water partition coefficient (Wildman–Crippen LogP) is 4.87. The zero-order valence-corrected chi connectivity index (χ0v) is 21.6. The van der Waals surface area contributed by atoms with E-state index in [1.54, 1.807) is 12.1 Å². The number of hydrogen-bond donors (Lipinski definition) is 2. The van der Waals surface area contributed by atoms with Crippen LogP contribution in [0.5, 0.6) is 5.75 Å². The number of likely N-dealkylation sites (tertiary alicyclic amines) is 1. The lowest BCUT2D eigenvalue weighted by atomic mass is 10.1. The Morgan fingerprint density at radius 1 is 1.16 bits per heavy atom. The standard InChI is InChI=1S/C30H32FN5O2/c1-19-29(33-28-16-22(11-13-35(19)28)30(37)34-12-5-7-23(32)18-34)26-15-21-6-3-4-8-25(21)36(26)17-20-9-10-24(31)27(14-20)38-2/h3-4,6,8-11,13-16,23,30,37H,5,7,12,17-18,32H2,1-2H3/t23-,30?/m1/s1. The van der Waals surface area contributed by atoms with Crippen molar-refractivity contribution in [2.24, 2.45) is 5.73 Å². The van der Waals surface area contributed by atoms with Gasteiger partial charge in [0.05, 0.1) is 12.8 Å². The van der Waals surface area contributed by atoms with Crippen LogP contribution in [0.15, 0.2) is 66.9 Å². The number of ether oxygens (including phenoxy) is 1. The molecule has 0 spiro atoms. The van der Waals surface area contributed by atoms with Gasteiger partial charge in [-0.15, -0.1) is 0 Å². The Balaban J connectivity index is 1.42. The Hall–Kier alpha value is -3.72. The van der Waals surface area contributed by atoms with Gasteiger partial charge in [0.2, 0.25) is 0 Å². The number of aryl methyl sites for hydroxylation is 1. The van der Waals surface area contributed by atoms with E-state index in [0.717, 1.165) is 64.1 Å². The average molecular weight is 514 g/mol. The van der Waals surface area contributed by atoms with Crippen LogP contribution in [0.25, 0.3) is 27.9 Å². The van der Waals surface area contributed by atoms with Gasteiger partial charge >= 0.3 is 0 Å². The number of aliphatic hydroxyl groups excluding tert-OH is 1. The van der Waals surface area contributed by atoms with Gasteiger partial charge < -0.3 is 24.5 Å². The van der Waals surface area contributed by atoms with Gasteiger partial charge in [-0.05, 0) is 61.7 Å². The maximum Gasteiger partial charge on any atom is 0.165 e. The molecule has 1 saturated heterocycles. The number of pyridine rings is 1. The van der Waals surface area contributed by atoms with Crippen molar-refractivity contribution in [1.29, 1.82) is 0 Å². The number of methoxy groups -OCH3 is 1. The number of rotatable bonds is 6. The Labute approximate surface area is 220 Å². The molecular formula is C30H32FN5O2. The predicted molar refractivity (Wildman–Crippen MR) is 147 cm³/mol. The molecule has 2 atom stereocenters. The summed E-state index contributed by atoms with van der Waals surface area (Å²) in [7, 11) is 1.48. The highest BCUT2D eigenvalue weighted by atomic mass is 19.1. The molecule has 38 heavy (non-hydrogen) atoms. The highest BCUT2D eigenvalue weighted by Gasteiger charge is 2.25. The summed E-state index contributed by atoms with van der Waals surface area (Å²) in [5, 5.41) is 12.2. The van der Waals surface area contributed by atoms with Crippen LogP contribution < -0.4 is 10.5 Å². The van der Waals surface area contributed by atoms with E-state index < -0.39 is 6.23 Å². The molecule has 1 aliphatic heterocycles. The molecule has 0 amide bonds. The summed E-state index contributed by atoms with van der Waals surface area (Å²) in [6, 6.07) is 19.3. The summed E-state index contributed by atoms with van der Waals surface area (Å²) < 4.78 is 23.6. The summed E-state index contributed by atoms with van der Waals surface area (Å²) >= 11 is 0. The normalized spacial score (nSPS) is 17.3. The number of benzene rings is 2. The van der Waals surface area contributed by atoms with Crippen molar-refractivity contribution in [3.8, 4) is 17.1 Å². The highest BCUT2D eigenvalue weighted by molar-refractivity contribution is 5.87. The van der Waals surface area contributed by atoms with Gasteiger partial charge in [0.25, 0.3) is 0 Å². The first kappa shape index (κ1) is 24.6. The van der Waals surface area contributed by atoms with Crippen molar-refractivity contribution in [3.05, 3.63) is 89.5 Å². The van der Waals surface area contributed by atoms with Crippen LogP contribution in [0.3, 0.4) is 0 Å². The third-order valence-electron chi connectivity index (χ3n) is 7.63. The molecule has 2 aromatic carbocycles. The molecule has 3 N–H and O–H groups in total. The molecule has 0 aliphatic carbocycles. The highest BCUT2D eigenvalue weighted by Crippen LogP contribution is 2.33. The van der Waals surface area contributed by atoms with Gasteiger partial charge in [-0.1, -0.05) is 24.3 Å². The summed E-state index contributed by atoms with van der Waals surface area (Å²) in [5.74, 6) is -0.153. The Morgan fingerprint density at radius 3 is 2.82 bits per heavy atom. The van der Waals surface area contributed by atoms with Crippen molar-refractivity contribution < 1.29 is 14.2 Å². The first-order valence-corrected chi connectivity index (χ1v) is 13.0. The van der Waals surface area contributed by atoms with E-state index in [4.69, 9.17) is 15.5 Å². The van der Waals surface area contributed by atoms with Crippen LogP contribution in [-0.2, 0) is 6.54 Å². The van der Waals surface area contributed by atoms with Crippen molar-refractivity contribution in [2.45, 2.75) is 38.6 Å². The fourth-order valence-electron chi connectivity index (χ4n) is 5.62. The molecule has 4 heterocycles. The van der Waals surface area contributed by atoms with E-state index in [9.17, 15) is 9.50 Å². The zero-order valence-electron chi connectivity index (χ0n) is 21.6.